The van der Waals surface area contributed by atoms with Crippen LogP contribution < -0.4 is 4.74 Å². The highest BCUT2D eigenvalue weighted by atomic mass is 79.9. The van der Waals surface area contributed by atoms with Gasteiger partial charge >= 0.3 is 11.9 Å². The molecule has 2 unspecified atom stereocenters. The summed E-state index contributed by atoms with van der Waals surface area (Å²) in [5.41, 5.74) is 0. The van der Waals surface area contributed by atoms with Gasteiger partial charge in [0.2, 0.25) is 0 Å². The SMILES string of the molecule is CC(Br)C(=O)OC(CC(=O)Oc1ccc([S+](c2ccccc2)c2ccccc2)cc1)C1CCCCC1. The fourth-order valence-electron chi connectivity index (χ4n) is 4.56. The van der Waals surface area contributed by atoms with Crippen LogP contribution in [-0.4, -0.2) is 22.9 Å². The second-order valence-electron chi connectivity index (χ2n) is 9.07. The van der Waals surface area contributed by atoms with Crippen LogP contribution in [0.3, 0.4) is 0 Å². The Morgan fingerprint density at radius 1 is 0.833 bits per heavy atom. The number of benzene rings is 3. The first-order valence-electron chi connectivity index (χ1n) is 12.5. The van der Waals surface area contributed by atoms with Crippen LogP contribution in [0.15, 0.2) is 99.6 Å². The summed E-state index contributed by atoms with van der Waals surface area (Å²) in [5, 5.41) is 0. The van der Waals surface area contributed by atoms with Crippen LogP contribution in [0, 0.1) is 5.92 Å². The molecule has 6 heteroatoms. The Bertz CT molecular complexity index is 1070. The van der Waals surface area contributed by atoms with Gasteiger partial charge in [-0.25, -0.2) is 0 Å². The molecule has 0 N–H and O–H groups in total. The number of ether oxygens (including phenoxy) is 2. The molecule has 0 aliphatic heterocycles. The van der Waals surface area contributed by atoms with Gasteiger partial charge in [0.25, 0.3) is 0 Å². The molecule has 188 valence electrons. The minimum absolute atomic E-state index is 0.0658. The van der Waals surface area contributed by atoms with Crippen LogP contribution in [0.5, 0.6) is 5.75 Å². The Balaban J connectivity index is 1.46. The Labute approximate surface area is 224 Å². The van der Waals surface area contributed by atoms with Crippen molar-refractivity contribution in [3.63, 3.8) is 0 Å². The van der Waals surface area contributed by atoms with Crippen molar-refractivity contribution in [2.24, 2.45) is 5.92 Å². The molecule has 4 rings (SSSR count). The van der Waals surface area contributed by atoms with Gasteiger partial charge in [-0.1, -0.05) is 71.6 Å². The Hall–Kier alpha value is -2.57. The molecule has 1 aliphatic rings. The van der Waals surface area contributed by atoms with Crippen molar-refractivity contribution < 1.29 is 19.1 Å². The van der Waals surface area contributed by atoms with E-state index in [1.807, 2.05) is 36.4 Å². The average molecular weight is 569 g/mol. The van der Waals surface area contributed by atoms with Gasteiger partial charge in [0.1, 0.15) is 16.7 Å². The summed E-state index contributed by atoms with van der Waals surface area (Å²) < 4.78 is 11.4. The zero-order valence-electron chi connectivity index (χ0n) is 20.5. The van der Waals surface area contributed by atoms with E-state index in [1.54, 1.807) is 6.92 Å². The highest BCUT2D eigenvalue weighted by Crippen LogP contribution is 2.33. The van der Waals surface area contributed by atoms with Crippen molar-refractivity contribution >= 4 is 38.8 Å². The smallest absolute Gasteiger partial charge is 0.319 e. The van der Waals surface area contributed by atoms with E-state index in [0.717, 1.165) is 30.6 Å². The summed E-state index contributed by atoms with van der Waals surface area (Å²) in [6, 6.07) is 28.6. The molecule has 0 bridgehead atoms. The van der Waals surface area contributed by atoms with Gasteiger partial charge in [0, 0.05) is 0 Å². The van der Waals surface area contributed by atoms with Crippen LogP contribution in [0.1, 0.15) is 45.4 Å². The number of alkyl halides is 1. The fourth-order valence-corrected chi connectivity index (χ4v) is 6.75. The molecule has 1 fully saturated rings. The maximum Gasteiger partial charge on any atom is 0.319 e. The molecule has 0 saturated heterocycles. The zero-order valence-corrected chi connectivity index (χ0v) is 22.9. The lowest BCUT2D eigenvalue weighted by molar-refractivity contribution is -0.155. The standard InChI is InChI=1S/C30H32BrO4S/c1-22(31)30(33)35-28(23-11-5-2-6-12-23)21-29(32)34-24-17-19-27(20-18-24)36(25-13-7-3-8-14-25)26-15-9-4-10-16-26/h3-4,7-10,13-20,22-23,28H,2,5-6,11-12,21H2,1H3/q+1. The van der Waals surface area contributed by atoms with E-state index < -0.39 is 10.9 Å². The maximum atomic E-state index is 12.9. The number of halogens is 1. The third-order valence-electron chi connectivity index (χ3n) is 6.38. The Kier molecular flexibility index (Phi) is 9.65. The fraction of sp³-hybridized carbons (Fsp3) is 0.333. The largest absolute Gasteiger partial charge is 0.461 e. The van der Waals surface area contributed by atoms with E-state index in [4.69, 9.17) is 9.47 Å². The maximum absolute atomic E-state index is 12.9. The van der Waals surface area contributed by atoms with Gasteiger partial charge in [-0.15, -0.1) is 0 Å². The number of carbonyl (C=O) groups is 2. The van der Waals surface area contributed by atoms with Crippen molar-refractivity contribution in [3.8, 4) is 5.75 Å². The molecule has 0 heterocycles. The minimum Gasteiger partial charge on any atom is -0.461 e. The molecular weight excluding hydrogens is 536 g/mol. The van der Waals surface area contributed by atoms with E-state index in [9.17, 15) is 9.59 Å². The number of esters is 2. The van der Waals surface area contributed by atoms with E-state index in [1.165, 1.54) is 16.2 Å². The van der Waals surface area contributed by atoms with Crippen molar-refractivity contribution in [2.75, 3.05) is 0 Å². The van der Waals surface area contributed by atoms with Gasteiger partial charge in [0.05, 0.1) is 17.3 Å². The number of hydrogen-bond donors (Lipinski definition) is 0. The molecule has 0 spiro atoms. The third-order valence-corrected chi connectivity index (χ3v) is 8.99. The second kappa shape index (κ2) is 13.1. The predicted octanol–water partition coefficient (Wildman–Crippen LogP) is 7.35. The first-order chi connectivity index (χ1) is 17.5. The summed E-state index contributed by atoms with van der Waals surface area (Å²) in [6.07, 6.45) is 4.95. The molecule has 2 atom stereocenters. The van der Waals surface area contributed by atoms with Crippen LogP contribution in [0.2, 0.25) is 0 Å². The lowest BCUT2D eigenvalue weighted by Gasteiger charge is -2.29. The van der Waals surface area contributed by atoms with E-state index in [0.29, 0.717) is 5.75 Å². The van der Waals surface area contributed by atoms with Crippen molar-refractivity contribution in [2.45, 2.75) is 71.1 Å². The number of rotatable bonds is 9. The minimum atomic E-state index is -0.452. The van der Waals surface area contributed by atoms with Gasteiger partial charge in [-0.2, -0.15) is 0 Å². The first-order valence-corrected chi connectivity index (χ1v) is 14.6. The molecule has 36 heavy (non-hydrogen) atoms. The molecule has 4 nitrogen and oxygen atoms in total. The monoisotopic (exact) mass is 567 g/mol. The van der Waals surface area contributed by atoms with E-state index >= 15 is 0 Å². The second-order valence-corrected chi connectivity index (χ2v) is 12.5. The summed E-state index contributed by atoms with van der Waals surface area (Å²) in [6.45, 7) is 1.74. The highest BCUT2D eigenvalue weighted by molar-refractivity contribution is 9.10. The summed E-state index contributed by atoms with van der Waals surface area (Å²) >= 11 is 3.27. The van der Waals surface area contributed by atoms with Gasteiger partial charge in [-0.3, -0.25) is 9.59 Å². The van der Waals surface area contributed by atoms with Crippen LogP contribution in [-0.2, 0) is 25.2 Å². The summed E-state index contributed by atoms with van der Waals surface area (Å²) in [5.74, 6) is -0.0198. The molecule has 1 saturated carbocycles. The van der Waals surface area contributed by atoms with Crippen LogP contribution in [0.25, 0.3) is 0 Å². The average Bonchev–Trinajstić information content (AvgIpc) is 2.91. The Morgan fingerprint density at radius 3 is 1.89 bits per heavy atom. The normalized spacial score (nSPS) is 15.8. The topological polar surface area (TPSA) is 52.6 Å². The highest BCUT2D eigenvalue weighted by Gasteiger charge is 2.31. The summed E-state index contributed by atoms with van der Waals surface area (Å²) in [7, 11) is -0.262. The molecule has 1 aliphatic carbocycles. The predicted molar refractivity (Wildman–Crippen MR) is 147 cm³/mol. The molecule has 3 aromatic carbocycles. The van der Waals surface area contributed by atoms with Crippen LogP contribution in [0.4, 0.5) is 0 Å². The van der Waals surface area contributed by atoms with Crippen molar-refractivity contribution in [1.82, 2.24) is 0 Å². The molecule has 0 aromatic heterocycles. The lowest BCUT2D eigenvalue weighted by atomic mass is 9.84. The number of hydrogen-bond acceptors (Lipinski definition) is 4. The first kappa shape index (κ1) is 26.5. The molecular formula is C30H32BrO4S+. The quantitative estimate of drug-likeness (QED) is 0.117. The van der Waals surface area contributed by atoms with E-state index in [2.05, 4.69) is 64.5 Å². The third kappa shape index (κ3) is 7.23. The van der Waals surface area contributed by atoms with Gasteiger partial charge in [-0.05, 0) is 74.2 Å². The number of carbonyl (C=O) groups excluding carboxylic acids is 2. The lowest BCUT2D eigenvalue weighted by Crippen LogP contribution is -2.34. The molecule has 0 radical (unpaired) electrons. The Morgan fingerprint density at radius 2 is 1.36 bits per heavy atom. The molecule has 3 aromatic rings. The van der Waals surface area contributed by atoms with Crippen molar-refractivity contribution in [3.05, 3.63) is 84.9 Å². The van der Waals surface area contributed by atoms with Crippen molar-refractivity contribution in [1.29, 1.82) is 0 Å². The molecule has 0 amide bonds. The van der Waals surface area contributed by atoms with E-state index in [-0.39, 0.29) is 35.2 Å². The zero-order chi connectivity index (χ0) is 25.3. The van der Waals surface area contributed by atoms with Gasteiger partial charge in [0.15, 0.2) is 14.7 Å². The summed E-state index contributed by atoms with van der Waals surface area (Å²) in [4.78, 5) is 28.3. The van der Waals surface area contributed by atoms with Crippen LogP contribution >= 0.6 is 15.9 Å². The van der Waals surface area contributed by atoms with Gasteiger partial charge < -0.3 is 9.47 Å².